The highest BCUT2D eigenvalue weighted by Crippen LogP contribution is 2.26. The van der Waals surface area contributed by atoms with Gasteiger partial charge in [-0.2, -0.15) is 9.40 Å². The molecule has 186 valence electrons. The minimum atomic E-state index is -3.88. The first-order valence-electron chi connectivity index (χ1n) is 11.4. The van der Waals surface area contributed by atoms with Gasteiger partial charge in [0.15, 0.2) is 0 Å². The van der Waals surface area contributed by atoms with Crippen molar-refractivity contribution >= 4 is 37.7 Å². The summed E-state index contributed by atoms with van der Waals surface area (Å²) < 4.78 is 30.2. The Labute approximate surface area is 219 Å². The Kier molecular flexibility index (Phi) is 7.73. The van der Waals surface area contributed by atoms with Gasteiger partial charge in [0, 0.05) is 22.1 Å². The molecule has 0 saturated heterocycles. The van der Waals surface area contributed by atoms with Crippen LogP contribution < -0.4 is 5.32 Å². The predicted molar refractivity (Wildman–Crippen MR) is 146 cm³/mol. The molecular formula is C27H27BrN4O3S. The molecule has 1 N–H and O–H groups in total. The van der Waals surface area contributed by atoms with E-state index < -0.39 is 22.0 Å². The fourth-order valence-electron chi connectivity index (χ4n) is 3.71. The number of amides is 1. The number of aryl methyl sites for hydroxylation is 1. The van der Waals surface area contributed by atoms with Crippen LogP contribution in [-0.4, -0.2) is 41.0 Å². The van der Waals surface area contributed by atoms with Crippen LogP contribution in [0.4, 0.5) is 5.82 Å². The summed E-state index contributed by atoms with van der Waals surface area (Å²) in [5, 5.41) is 7.60. The van der Waals surface area contributed by atoms with Crippen molar-refractivity contribution in [1.82, 2.24) is 14.1 Å². The average Bonchev–Trinajstić information content (AvgIpc) is 3.27. The lowest BCUT2D eigenvalue weighted by atomic mass is 10.1. The highest BCUT2D eigenvalue weighted by atomic mass is 79.9. The van der Waals surface area contributed by atoms with Crippen molar-refractivity contribution in [2.75, 3.05) is 11.9 Å². The Hall–Kier alpha value is -3.27. The number of nitrogens with zero attached hydrogens (tertiary/aromatic N) is 3. The molecule has 0 aliphatic rings. The molecule has 0 aliphatic heterocycles. The van der Waals surface area contributed by atoms with Gasteiger partial charge in [0.2, 0.25) is 15.9 Å². The van der Waals surface area contributed by atoms with Crippen molar-refractivity contribution in [3.63, 3.8) is 0 Å². The number of carbonyl (C=O) groups is 1. The van der Waals surface area contributed by atoms with Gasteiger partial charge in [-0.05, 0) is 57.2 Å². The lowest BCUT2D eigenvalue weighted by molar-refractivity contribution is -0.116. The Bertz CT molecular complexity index is 1450. The zero-order chi connectivity index (χ0) is 25.9. The number of hydrogen-bond acceptors (Lipinski definition) is 4. The molecule has 1 amide bonds. The smallest absolute Gasteiger partial charge is 0.243 e. The molecule has 0 radical (unpaired) electrons. The van der Waals surface area contributed by atoms with Crippen LogP contribution in [0.2, 0.25) is 0 Å². The van der Waals surface area contributed by atoms with E-state index >= 15 is 0 Å². The first kappa shape index (κ1) is 25.8. The quantitative estimate of drug-likeness (QED) is 0.298. The number of hydrogen-bond donors (Lipinski definition) is 1. The fourth-order valence-corrected chi connectivity index (χ4v) is 5.57. The van der Waals surface area contributed by atoms with E-state index in [0.29, 0.717) is 11.5 Å². The zero-order valence-corrected chi connectivity index (χ0v) is 22.6. The van der Waals surface area contributed by atoms with Crippen LogP contribution in [0, 0.1) is 6.92 Å². The first-order chi connectivity index (χ1) is 17.1. The maximum Gasteiger partial charge on any atom is 0.243 e. The lowest BCUT2D eigenvalue weighted by Gasteiger charge is -2.25. The maximum atomic E-state index is 13.3. The number of aromatic nitrogens is 2. The van der Waals surface area contributed by atoms with Crippen LogP contribution in [0.25, 0.3) is 16.9 Å². The molecule has 1 aromatic heterocycles. The highest BCUT2D eigenvalue weighted by Gasteiger charge is 2.29. The number of benzene rings is 3. The van der Waals surface area contributed by atoms with Crippen LogP contribution in [0.5, 0.6) is 0 Å². The maximum absolute atomic E-state index is 13.3. The molecule has 36 heavy (non-hydrogen) atoms. The number of anilines is 1. The van der Waals surface area contributed by atoms with Gasteiger partial charge >= 0.3 is 0 Å². The molecule has 3 aromatic carbocycles. The third-order valence-electron chi connectivity index (χ3n) is 5.62. The third-order valence-corrected chi connectivity index (χ3v) is 8.19. The number of halogens is 1. The van der Waals surface area contributed by atoms with Crippen molar-refractivity contribution in [2.45, 2.75) is 31.7 Å². The van der Waals surface area contributed by atoms with Gasteiger partial charge in [0.1, 0.15) is 5.82 Å². The summed E-state index contributed by atoms with van der Waals surface area (Å²) >= 11 is 3.32. The van der Waals surface area contributed by atoms with Crippen molar-refractivity contribution in [3.8, 4) is 16.9 Å². The Balaban J connectivity index is 1.64. The normalized spacial score (nSPS) is 11.7. The van der Waals surface area contributed by atoms with E-state index in [-0.39, 0.29) is 11.4 Å². The molecule has 1 heterocycles. The molecule has 0 fully saturated rings. The summed E-state index contributed by atoms with van der Waals surface area (Å²) in [5.41, 5.74) is 3.47. The van der Waals surface area contributed by atoms with Gasteiger partial charge in [-0.15, -0.1) is 0 Å². The van der Waals surface area contributed by atoms with Crippen molar-refractivity contribution in [1.29, 1.82) is 0 Å². The molecule has 9 heteroatoms. The van der Waals surface area contributed by atoms with E-state index in [0.717, 1.165) is 21.3 Å². The first-order valence-corrected chi connectivity index (χ1v) is 13.7. The van der Waals surface area contributed by atoms with Crippen LogP contribution in [0.1, 0.15) is 19.4 Å². The fraction of sp³-hybridized carbons (Fsp3) is 0.185. The second-order valence-corrected chi connectivity index (χ2v) is 11.5. The minimum Gasteiger partial charge on any atom is -0.309 e. The van der Waals surface area contributed by atoms with Gasteiger partial charge in [0.05, 0.1) is 22.8 Å². The summed E-state index contributed by atoms with van der Waals surface area (Å²) in [6, 6.07) is 25.2. The molecule has 7 nitrogen and oxygen atoms in total. The summed E-state index contributed by atoms with van der Waals surface area (Å²) in [7, 11) is -3.88. The molecule has 0 atom stereocenters. The average molecular weight is 568 g/mol. The lowest BCUT2D eigenvalue weighted by Crippen LogP contribution is -2.42. The molecular weight excluding hydrogens is 540 g/mol. The van der Waals surface area contributed by atoms with Crippen molar-refractivity contribution in [2.24, 2.45) is 0 Å². The summed E-state index contributed by atoms with van der Waals surface area (Å²) in [4.78, 5) is 13.3. The number of sulfonamides is 1. The SMILES string of the molecule is Cc1ccc(-n2nc(-c3ccccc3)cc2NC(=O)CN(C(C)C)S(=O)(=O)c2ccc(Br)cc2)cc1. The second-order valence-electron chi connectivity index (χ2n) is 8.67. The van der Waals surface area contributed by atoms with Crippen LogP contribution in [0.3, 0.4) is 0 Å². The zero-order valence-electron chi connectivity index (χ0n) is 20.2. The molecule has 0 saturated carbocycles. The number of carbonyl (C=O) groups excluding carboxylic acids is 1. The largest absolute Gasteiger partial charge is 0.309 e. The Morgan fingerprint density at radius 1 is 1.00 bits per heavy atom. The molecule has 0 unspecified atom stereocenters. The summed E-state index contributed by atoms with van der Waals surface area (Å²) in [6.45, 7) is 5.15. The van der Waals surface area contributed by atoms with Gasteiger partial charge in [-0.1, -0.05) is 64.0 Å². The van der Waals surface area contributed by atoms with Crippen molar-refractivity contribution < 1.29 is 13.2 Å². The van der Waals surface area contributed by atoms with Crippen LogP contribution in [-0.2, 0) is 14.8 Å². The Morgan fingerprint density at radius 3 is 2.25 bits per heavy atom. The van der Waals surface area contributed by atoms with E-state index in [1.165, 1.54) is 16.4 Å². The predicted octanol–water partition coefficient (Wildman–Crippen LogP) is 5.65. The highest BCUT2D eigenvalue weighted by molar-refractivity contribution is 9.10. The second kappa shape index (κ2) is 10.8. The van der Waals surface area contributed by atoms with Crippen LogP contribution >= 0.6 is 15.9 Å². The Morgan fingerprint density at radius 2 is 1.64 bits per heavy atom. The molecule has 0 aliphatic carbocycles. The van der Waals surface area contributed by atoms with Gasteiger partial charge in [-0.25, -0.2) is 13.1 Å². The van der Waals surface area contributed by atoms with E-state index in [9.17, 15) is 13.2 Å². The molecule has 0 spiro atoms. The summed E-state index contributed by atoms with van der Waals surface area (Å²) in [5.74, 6) is -0.00953. The van der Waals surface area contributed by atoms with Crippen LogP contribution in [0.15, 0.2) is 94.3 Å². The topological polar surface area (TPSA) is 84.3 Å². The van der Waals surface area contributed by atoms with Crippen molar-refractivity contribution in [3.05, 3.63) is 95.0 Å². The van der Waals surface area contributed by atoms with Gasteiger partial charge < -0.3 is 5.32 Å². The van der Waals surface area contributed by atoms with E-state index in [1.807, 2.05) is 61.5 Å². The third kappa shape index (κ3) is 5.75. The van der Waals surface area contributed by atoms with E-state index in [1.54, 1.807) is 36.7 Å². The monoisotopic (exact) mass is 566 g/mol. The number of rotatable bonds is 8. The van der Waals surface area contributed by atoms with Gasteiger partial charge in [-0.3, -0.25) is 4.79 Å². The number of nitrogens with one attached hydrogen (secondary N) is 1. The van der Waals surface area contributed by atoms with E-state index in [4.69, 9.17) is 5.10 Å². The minimum absolute atomic E-state index is 0.128. The van der Waals surface area contributed by atoms with Gasteiger partial charge in [0.25, 0.3) is 0 Å². The summed E-state index contributed by atoms with van der Waals surface area (Å²) in [6.07, 6.45) is 0. The molecule has 0 bridgehead atoms. The molecule has 4 rings (SSSR count). The van der Waals surface area contributed by atoms with E-state index in [2.05, 4.69) is 21.2 Å². The standard InChI is InChI=1S/C27H27BrN4O3S/c1-19(2)31(36(34,35)24-15-11-22(28)12-16-24)18-27(33)29-26-17-25(21-7-5-4-6-8-21)30-32(26)23-13-9-20(3)10-14-23/h4-17,19H,18H2,1-3H3,(H,29,33). The molecule has 4 aromatic rings.